The Hall–Kier alpha value is -2.26. The lowest BCUT2D eigenvalue weighted by Crippen LogP contribution is -2.38. The molecule has 0 saturated carbocycles. The molecular formula is C18H27N7O2. The van der Waals surface area contributed by atoms with Crippen molar-refractivity contribution in [1.29, 1.82) is 0 Å². The molecule has 2 fully saturated rings. The molecule has 2 aliphatic heterocycles. The highest BCUT2D eigenvalue weighted by atomic mass is 16.5. The van der Waals surface area contributed by atoms with Crippen LogP contribution in [0.2, 0.25) is 0 Å². The summed E-state index contributed by atoms with van der Waals surface area (Å²) in [5, 5.41) is 12.0. The lowest BCUT2D eigenvalue weighted by atomic mass is 10.1. The second-order valence-electron chi connectivity index (χ2n) is 7.45. The highest BCUT2D eigenvalue weighted by Crippen LogP contribution is 2.24. The van der Waals surface area contributed by atoms with Crippen molar-refractivity contribution in [1.82, 2.24) is 25.1 Å². The summed E-state index contributed by atoms with van der Waals surface area (Å²) in [5.74, 6) is 3.48. The first-order valence-electron chi connectivity index (χ1n) is 9.55. The molecule has 9 nitrogen and oxygen atoms in total. The first-order valence-corrected chi connectivity index (χ1v) is 9.55. The Morgan fingerprint density at radius 1 is 1.19 bits per heavy atom. The number of aromatic nitrogens is 4. The number of rotatable bonds is 6. The van der Waals surface area contributed by atoms with Crippen LogP contribution < -0.4 is 10.2 Å². The Labute approximate surface area is 159 Å². The van der Waals surface area contributed by atoms with Gasteiger partial charge in [-0.25, -0.2) is 9.97 Å². The minimum absolute atomic E-state index is 0.265. The fraction of sp³-hybridized carbons (Fsp3) is 0.667. The summed E-state index contributed by atoms with van der Waals surface area (Å²) < 4.78 is 11.2. The molecule has 0 aromatic carbocycles. The number of nitrogens with one attached hydrogen (secondary N) is 1. The van der Waals surface area contributed by atoms with Crippen molar-refractivity contribution in [3.05, 3.63) is 24.2 Å². The fourth-order valence-electron chi connectivity index (χ4n) is 3.53. The van der Waals surface area contributed by atoms with Gasteiger partial charge in [-0.2, -0.15) is 0 Å². The van der Waals surface area contributed by atoms with Gasteiger partial charge in [0, 0.05) is 45.9 Å². The molecule has 4 heterocycles. The zero-order valence-corrected chi connectivity index (χ0v) is 16.0. The maximum atomic E-state index is 5.85. The van der Waals surface area contributed by atoms with Gasteiger partial charge < -0.3 is 19.4 Å². The van der Waals surface area contributed by atoms with E-state index in [4.69, 9.17) is 9.15 Å². The van der Waals surface area contributed by atoms with Gasteiger partial charge >= 0.3 is 0 Å². The molecule has 27 heavy (non-hydrogen) atoms. The van der Waals surface area contributed by atoms with Crippen LogP contribution in [-0.2, 0) is 11.3 Å². The number of piperidine rings is 1. The average Bonchev–Trinajstić information content (AvgIpc) is 3.35. The fourth-order valence-corrected chi connectivity index (χ4v) is 3.53. The van der Waals surface area contributed by atoms with Gasteiger partial charge in [-0.05, 0) is 19.3 Å². The third-order valence-corrected chi connectivity index (χ3v) is 5.17. The second kappa shape index (κ2) is 8.18. The van der Waals surface area contributed by atoms with Gasteiger partial charge in [-0.3, -0.25) is 4.90 Å². The number of nitrogens with zero attached hydrogens (tertiary/aromatic N) is 6. The molecule has 1 atom stereocenters. The van der Waals surface area contributed by atoms with E-state index in [9.17, 15) is 0 Å². The Morgan fingerprint density at radius 2 is 2.04 bits per heavy atom. The predicted octanol–water partition coefficient (Wildman–Crippen LogP) is 1.51. The molecular weight excluding hydrogens is 346 g/mol. The molecule has 4 rings (SSSR count). The minimum Gasteiger partial charge on any atom is -0.423 e. The number of anilines is 2. The smallest absolute Gasteiger partial charge is 0.230 e. The average molecular weight is 373 g/mol. The predicted molar refractivity (Wildman–Crippen MR) is 101 cm³/mol. The topological polar surface area (TPSA) is 92.4 Å². The molecule has 0 radical (unpaired) electrons. The normalized spacial score (nSPS) is 21.5. The van der Waals surface area contributed by atoms with E-state index in [1.165, 1.54) is 0 Å². The van der Waals surface area contributed by atoms with Gasteiger partial charge in [-0.1, -0.05) is 0 Å². The van der Waals surface area contributed by atoms with Crippen molar-refractivity contribution in [2.24, 2.45) is 0 Å². The van der Waals surface area contributed by atoms with E-state index in [-0.39, 0.29) is 5.92 Å². The van der Waals surface area contributed by atoms with Crippen LogP contribution in [0.3, 0.4) is 0 Å². The first-order chi connectivity index (χ1) is 13.2. The van der Waals surface area contributed by atoms with E-state index in [1.807, 2.05) is 25.1 Å². The molecule has 0 spiro atoms. The van der Waals surface area contributed by atoms with Crippen molar-refractivity contribution >= 4 is 11.6 Å². The van der Waals surface area contributed by atoms with Crippen molar-refractivity contribution in [3.8, 4) is 0 Å². The van der Waals surface area contributed by atoms with Crippen molar-refractivity contribution in [3.63, 3.8) is 0 Å². The maximum absolute atomic E-state index is 5.85. The number of hydrogen-bond donors (Lipinski definition) is 1. The number of hydrogen-bond acceptors (Lipinski definition) is 9. The lowest BCUT2D eigenvalue weighted by Gasteiger charge is -2.31. The zero-order valence-electron chi connectivity index (χ0n) is 16.0. The number of likely N-dealkylation sites (tertiary alicyclic amines) is 1. The minimum atomic E-state index is 0.265. The van der Waals surface area contributed by atoms with Crippen LogP contribution in [0.15, 0.2) is 16.8 Å². The summed E-state index contributed by atoms with van der Waals surface area (Å²) in [4.78, 5) is 12.9. The van der Waals surface area contributed by atoms with E-state index < -0.39 is 0 Å². The monoisotopic (exact) mass is 373 g/mol. The highest BCUT2D eigenvalue weighted by molar-refractivity contribution is 5.47. The van der Waals surface area contributed by atoms with Gasteiger partial charge in [0.1, 0.15) is 18.0 Å². The molecule has 1 unspecified atom stereocenters. The lowest BCUT2D eigenvalue weighted by molar-refractivity contribution is 0.184. The van der Waals surface area contributed by atoms with Crippen LogP contribution in [-0.4, -0.2) is 71.5 Å². The summed E-state index contributed by atoms with van der Waals surface area (Å²) in [6.45, 7) is 4.18. The molecule has 1 N–H and O–H groups in total. The van der Waals surface area contributed by atoms with Crippen molar-refractivity contribution < 1.29 is 9.15 Å². The molecule has 0 bridgehead atoms. The van der Waals surface area contributed by atoms with Gasteiger partial charge in [0.05, 0.1) is 19.1 Å². The van der Waals surface area contributed by atoms with E-state index in [0.717, 1.165) is 56.5 Å². The van der Waals surface area contributed by atoms with Crippen LogP contribution in [0.25, 0.3) is 0 Å². The molecule has 0 aliphatic carbocycles. The molecule has 146 valence electrons. The Balaban J connectivity index is 1.26. The van der Waals surface area contributed by atoms with Gasteiger partial charge in [0.15, 0.2) is 0 Å². The summed E-state index contributed by atoms with van der Waals surface area (Å²) >= 11 is 0. The van der Waals surface area contributed by atoms with E-state index in [0.29, 0.717) is 25.1 Å². The third kappa shape index (κ3) is 4.54. The Morgan fingerprint density at radius 3 is 2.78 bits per heavy atom. The summed E-state index contributed by atoms with van der Waals surface area (Å²) in [6, 6.07) is 2.40. The zero-order chi connectivity index (χ0) is 18.6. The summed E-state index contributed by atoms with van der Waals surface area (Å²) in [5.41, 5.74) is 0. The number of ether oxygens (including phenoxy) is 1. The van der Waals surface area contributed by atoms with Crippen molar-refractivity contribution in [2.75, 3.05) is 50.6 Å². The maximum Gasteiger partial charge on any atom is 0.230 e. The Bertz CT molecular complexity index is 737. The van der Waals surface area contributed by atoms with Crippen LogP contribution in [0.1, 0.15) is 37.0 Å². The summed E-state index contributed by atoms with van der Waals surface area (Å²) in [7, 11) is 3.96. The molecule has 2 aromatic rings. The SMILES string of the molecule is CN(C)c1cc(NC2CCN(Cc3nnc(C4CCOC4)o3)CC2)ncn1. The second-order valence-corrected chi connectivity index (χ2v) is 7.45. The molecule has 2 aliphatic rings. The van der Waals surface area contributed by atoms with E-state index in [1.54, 1.807) is 6.33 Å². The van der Waals surface area contributed by atoms with Gasteiger partial charge in [-0.15, -0.1) is 10.2 Å². The van der Waals surface area contributed by atoms with E-state index >= 15 is 0 Å². The quantitative estimate of drug-likeness (QED) is 0.808. The first kappa shape index (κ1) is 18.1. The van der Waals surface area contributed by atoms with Gasteiger partial charge in [0.2, 0.25) is 11.8 Å². The third-order valence-electron chi connectivity index (χ3n) is 5.17. The van der Waals surface area contributed by atoms with Gasteiger partial charge in [0.25, 0.3) is 0 Å². The molecule has 2 aromatic heterocycles. The van der Waals surface area contributed by atoms with Crippen LogP contribution in [0, 0.1) is 0 Å². The van der Waals surface area contributed by atoms with Crippen LogP contribution >= 0.6 is 0 Å². The molecule has 0 amide bonds. The van der Waals surface area contributed by atoms with Crippen molar-refractivity contribution in [2.45, 2.75) is 37.8 Å². The Kier molecular flexibility index (Phi) is 5.49. The van der Waals surface area contributed by atoms with Crippen LogP contribution in [0.4, 0.5) is 11.6 Å². The molecule has 2 saturated heterocycles. The largest absolute Gasteiger partial charge is 0.423 e. The van der Waals surface area contributed by atoms with Crippen LogP contribution in [0.5, 0.6) is 0 Å². The summed E-state index contributed by atoms with van der Waals surface area (Å²) in [6.07, 6.45) is 4.68. The van der Waals surface area contributed by atoms with E-state index in [2.05, 4.69) is 30.4 Å². The highest BCUT2D eigenvalue weighted by Gasteiger charge is 2.25. The molecule has 9 heteroatoms. The standard InChI is InChI=1S/C18H27N7O2/c1-24(2)16-9-15(19-12-20-16)21-14-3-6-25(7-4-14)10-17-22-23-18(27-17)13-5-8-26-11-13/h9,12-14H,3-8,10-11H2,1-2H3,(H,19,20,21).